The zero-order valence-corrected chi connectivity index (χ0v) is 17.0. The average molecular weight is 418 g/mol. The maximum atomic E-state index is 12.9. The van der Waals surface area contributed by atoms with Crippen LogP contribution in [0.25, 0.3) is 17.0 Å². The van der Waals surface area contributed by atoms with Gasteiger partial charge in [-0.1, -0.05) is 17.7 Å². The number of carbonyl (C=O) groups is 1. The second-order valence-corrected chi connectivity index (χ2v) is 7.94. The third kappa shape index (κ3) is 3.55. The van der Waals surface area contributed by atoms with Crippen LogP contribution in [0.4, 0.5) is 0 Å². The van der Waals surface area contributed by atoms with E-state index in [2.05, 4.69) is 9.97 Å². The van der Waals surface area contributed by atoms with E-state index in [-0.39, 0.29) is 11.8 Å². The molecule has 0 N–H and O–H groups in total. The summed E-state index contributed by atoms with van der Waals surface area (Å²) >= 11 is 6.17. The van der Waals surface area contributed by atoms with Crippen LogP contribution >= 0.6 is 11.6 Å². The van der Waals surface area contributed by atoms with Gasteiger partial charge in [-0.2, -0.15) is 0 Å². The first-order valence-corrected chi connectivity index (χ1v) is 10.4. The van der Waals surface area contributed by atoms with E-state index in [4.69, 9.17) is 16.6 Å². The number of rotatable bonds is 3. The number of hydrogen-bond acceptors (Lipinski definition) is 4. The number of fused-ring (bicyclic) bond motifs is 1. The van der Waals surface area contributed by atoms with Crippen molar-refractivity contribution >= 4 is 23.2 Å². The maximum Gasteiger partial charge on any atom is 0.255 e. The second-order valence-electron chi connectivity index (χ2n) is 7.50. The van der Waals surface area contributed by atoms with Crippen molar-refractivity contribution in [2.45, 2.75) is 18.8 Å². The summed E-state index contributed by atoms with van der Waals surface area (Å²) in [6, 6.07) is 13.4. The predicted molar refractivity (Wildman–Crippen MR) is 116 cm³/mol. The molecule has 0 radical (unpaired) electrons. The summed E-state index contributed by atoms with van der Waals surface area (Å²) in [5.41, 5.74) is 4.19. The van der Waals surface area contributed by atoms with Gasteiger partial charge in [0.05, 0.1) is 28.2 Å². The van der Waals surface area contributed by atoms with Gasteiger partial charge in [-0.3, -0.25) is 19.2 Å². The monoisotopic (exact) mass is 417 g/mol. The first-order chi connectivity index (χ1) is 14.7. The smallest absolute Gasteiger partial charge is 0.255 e. The summed E-state index contributed by atoms with van der Waals surface area (Å²) in [5, 5.41) is 0.648. The molecule has 6 nitrogen and oxygen atoms in total. The van der Waals surface area contributed by atoms with E-state index in [1.54, 1.807) is 18.5 Å². The van der Waals surface area contributed by atoms with Crippen LogP contribution in [0.1, 0.15) is 34.8 Å². The van der Waals surface area contributed by atoms with Gasteiger partial charge in [-0.15, -0.1) is 0 Å². The molecule has 1 saturated heterocycles. The lowest BCUT2D eigenvalue weighted by molar-refractivity contribution is 0.0705. The average Bonchev–Trinajstić information content (AvgIpc) is 3.22. The van der Waals surface area contributed by atoms with Crippen molar-refractivity contribution in [3.63, 3.8) is 0 Å². The largest absolute Gasteiger partial charge is 0.338 e. The van der Waals surface area contributed by atoms with Crippen LogP contribution in [0.3, 0.4) is 0 Å². The Morgan fingerprint density at radius 3 is 2.90 bits per heavy atom. The molecule has 5 heterocycles. The third-order valence-corrected chi connectivity index (χ3v) is 5.76. The van der Waals surface area contributed by atoms with Crippen molar-refractivity contribution in [3.05, 3.63) is 83.5 Å². The van der Waals surface area contributed by atoms with Crippen molar-refractivity contribution in [1.82, 2.24) is 24.3 Å². The minimum absolute atomic E-state index is 0.0281. The lowest BCUT2D eigenvalue weighted by Crippen LogP contribution is -2.39. The third-order valence-electron chi connectivity index (χ3n) is 5.54. The van der Waals surface area contributed by atoms with E-state index in [1.165, 1.54) is 0 Å². The van der Waals surface area contributed by atoms with Crippen molar-refractivity contribution in [1.29, 1.82) is 0 Å². The zero-order chi connectivity index (χ0) is 20.5. The highest BCUT2D eigenvalue weighted by molar-refractivity contribution is 6.30. The van der Waals surface area contributed by atoms with Gasteiger partial charge in [-0.25, -0.2) is 4.98 Å². The quantitative estimate of drug-likeness (QED) is 0.493. The van der Waals surface area contributed by atoms with E-state index in [0.29, 0.717) is 17.1 Å². The predicted octanol–water partition coefficient (Wildman–Crippen LogP) is 4.46. The summed E-state index contributed by atoms with van der Waals surface area (Å²) in [7, 11) is 0. The van der Waals surface area contributed by atoms with Crippen LogP contribution in [0.15, 0.2) is 67.3 Å². The number of likely N-dealkylation sites (tertiary alicyclic amines) is 1. The summed E-state index contributed by atoms with van der Waals surface area (Å²) in [4.78, 5) is 28.2. The zero-order valence-electron chi connectivity index (χ0n) is 16.3. The number of halogens is 1. The Morgan fingerprint density at radius 1 is 1.10 bits per heavy atom. The first-order valence-electron chi connectivity index (χ1n) is 9.98. The fourth-order valence-electron chi connectivity index (χ4n) is 4.04. The van der Waals surface area contributed by atoms with Crippen molar-refractivity contribution < 1.29 is 4.79 Å². The number of aromatic nitrogens is 4. The number of pyridine rings is 3. The van der Waals surface area contributed by atoms with Crippen LogP contribution in [0.5, 0.6) is 0 Å². The minimum Gasteiger partial charge on any atom is -0.338 e. The van der Waals surface area contributed by atoms with Gasteiger partial charge in [0, 0.05) is 43.3 Å². The fourth-order valence-corrected chi connectivity index (χ4v) is 4.20. The molecule has 0 saturated carbocycles. The highest BCUT2D eigenvalue weighted by Crippen LogP contribution is 2.29. The molecule has 0 aromatic carbocycles. The van der Waals surface area contributed by atoms with Crippen molar-refractivity contribution in [2.75, 3.05) is 13.1 Å². The van der Waals surface area contributed by atoms with Gasteiger partial charge < -0.3 is 4.90 Å². The van der Waals surface area contributed by atoms with E-state index < -0.39 is 0 Å². The summed E-state index contributed by atoms with van der Waals surface area (Å²) in [6.07, 6.45) is 8.93. The molecule has 4 aromatic heterocycles. The molecule has 0 unspecified atom stereocenters. The Morgan fingerprint density at radius 2 is 2.03 bits per heavy atom. The maximum absolute atomic E-state index is 12.9. The molecule has 1 fully saturated rings. The molecule has 0 spiro atoms. The van der Waals surface area contributed by atoms with Gasteiger partial charge >= 0.3 is 0 Å². The summed E-state index contributed by atoms with van der Waals surface area (Å²) in [5.74, 6) is 0.225. The highest BCUT2D eigenvalue weighted by Gasteiger charge is 2.26. The van der Waals surface area contributed by atoms with Crippen LogP contribution in [0.2, 0.25) is 5.02 Å². The lowest BCUT2D eigenvalue weighted by atomic mass is 9.93. The first kappa shape index (κ1) is 18.8. The van der Waals surface area contributed by atoms with Gasteiger partial charge in [0.15, 0.2) is 0 Å². The number of amides is 1. The molecule has 4 aromatic rings. The van der Waals surface area contributed by atoms with Gasteiger partial charge in [0.1, 0.15) is 5.65 Å². The second kappa shape index (κ2) is 7.88. The van der Waals surface area contributed by atoms with Gasteiger partial charge in [0.2, 0.25) is 0 Å². The molecule has 0 bridgehead atoms. The molecule has 30 heavy (non-hydrogen) atoms. The molecule has 5 rings (SSSR count). The Balaban J connectivity index is 1.42. The molecule has 0 aliphatic carbocycles. The Hall–Kier alpha value is -3.25. The minimum atomic E-state index is 0.0281. The van der Waals surface area contributed by atoms with E-state index in [9.17, 15) is 4.79 Å². The number of nitrogens with zero attached hydrogens (tertiary/aromatic N) is 5. The van der Waals surface area contributed by atoms with Crippen LogP contribution < -0.4 is 0 Å². The van der Waals surface area contributed by atoms with Crippen molar-refractivity contribution in [2.24, 2.45) is 0 Å². The number of hydrogen-bond donors (Lipinski definition) is 0. The molecular formula is C23H20ClN5O. The normalized spacial score (nSPS) is 16.7. The van der Waals surface area contributed by atoms with Gasteiger partial charge in [0.25, 0.3) is 5.91 Å². The molecule has 1 aliphatic rings. The lowest BCUT2D eigenvalue weighted by Gasteiger charge is -2.32. The SMILES string of the molecule is O=C(c1cccnc1)N1CCC[C@H](c2cccc(-c3cnc4ccc(Cl)cn34)n2)C1. The molecule has 1 aliphatic heterocycles. The van der Waals surface area contributed by atoms with Crippen LogP contribution in [-0.4, -0.2) is 43.2 Å². The number of carbonyl (C=O) groups excluding carboxylic acids is 1. The molecular weight excluding hydrogens is 398 g/mol. The fraction of sp³-hybridized carbons (Fsp3) is 0.217. The van der Waals surface area contributed by atoms with E-state index in [1.807, 2.05) is 58.1 Å². The molecule has 150 valence electrons. The Labute approximate surface area is 179 Å². The number of piperidine rings is 1. The number of imidazole rings is 1. The summed E-state index contributed by atoms with van der Waals surface area (Å²) < 4.78 is 1.95. The van der Waals surface area contributed by atoms with Crippen LogP contribution in [-0.2, 0) is 0 Å². The van der Waals surface area contributed by atoms with E-state index >= 15 is 0 Å². The summed E-state index contributed by atoms with van der Waals surface area (Å²) in [6.45, 7) is 1.42. The van der Waals surface area contributed by atoms with Gasteiger partial charge in [-0.05, 0) is 49.2 Å². The standard InChI is InChI=1S/C23H20ClN5O/c24-18-8-9-22-26-13-21(29(22)15-18)20-7-1-6-19(27-20)17-5-3-11-28(14-17)23(30)16-4-2-10-25-12-16/h1-2,4,6-10,12-13,15,17H,3,5,11,14H2/t17-/m0/s1. The van der Waals surface area contributed by atoms with Crippen molar-refractivity contribution in [3.8, 4) is 11.4 Å². The van der Waals surface area contributed by atoms with Crippen LogP contribution in [0, 0.1) is 0 Å². The molecule has 1 atom stereocenters. The molecule has 1 amide bonds. The Kier molecular flexibility index (Phi) is 4.93. The Bertz CT molecular complexity index is 1210. The van der Waals surface area contributed by atoms with E-state index in [0.717, 1.165) is 42.1 Å². The molecule has 7 heteroatoms. The topological polar surface area (TPSA) is 63.4 Å². The highest BCUT2D eigenvalue weighted by atomic mass is 35.5.